The van der Waals surface area contributed by atoms with E-state index in [4.69, 9.17) is 15.9 Å². The molecule has 6 N–H and O–H groups in total. The van der Waals surface area contributed by atoms with Crippen LogP contribution in [-0.2, 0) is 11.4 Å². The van der Waals surface area contributed by atoms with E-state index in [1.54, 1.807) is 31.2 Å². The minimum Gasteiger partial charge on any atom is -0.494 e. The molecule has 0 aliphatic heterocycles. The van der Waals surface area contributed by atoms with Gasteiger partial charge in [0.15, 0.2) is 5.82 Å². The fourth-order valence-corrected chi connectivity index (χ4v) is 3.75. The molecule has 41 heavy (non-hydrogen) atoms. The molecule has 0 saturated carbocycles. The average molecular weight is 573 g/mol. The quantitative estimate of drug-likeness (QED) is 0.0814. The van der Waals surface area contributed by atoms with E-state index in [1.165, 1.54) is 24.5 Å². The highest BCUT2D eigenvalue weighted by molar-refractivity contribution is 5.99. The van der Waals surface area contributed by atoms with Crippen LogP contribution < -0.4 is 26.2 Å². The van der Waals surface area contributed by atoms with Gasteiger partial charge in [-0.15, -0.1) is 9.78 Å². The summed E-state index contributed by atoms with van der Waals surface area (Å²) in [6.45, 7) is 1.72. The summed E-state index contributed by atoms with van der Waals surface area (Å²) in [6.07, 6.45) is -2.47. The second-order valence-electron chi connectivity index (χ2n) is 8.37. The van der Waals surface area contributed by atoms with E-state index in [9.17, 15) is 27.9 Å². The number of nitrogens with one attached hydrogen (secondary N) is 3. The number of aliphatic hydroxyl groups excluding tert-OH is 1. The van der Waals surface area contributed by atoms with Crippen molar-refractivity contribution in [1.29, 1.82) is 5.41 Å². The molecule has 2 heterocycles. The summed E-state index contributed by atoms with van der Waals surface area (Å²) in [5, 5.41) is 24.8. The number of amidine groups is 1. The topological polar surface area (TPSA) is 194 Å². The molecule has 2 aromatic heterocycles. The summed E-state index contributed by atoms with van der Waals surface area (Å²) in [6, 6.07) is 8.99. The van der Waals surface area contributed by atoms with Gasteiger partial charge in [0.25, 0.3) is 5.95 Å². The van der Waals surface area contributed by atoms with E-state index in [0.29, 0.717) is 23.5 Å². The minimum absolute atomic E-state index is 0.0231. The number of nitrogens with two attached hydrogens (primary N) is 1. The molecule has 2 aromatic carbocycles. The largest absolute Gasteiger partial charge is 0.494 e. The van der Waals surface area contributed by atoms with Gasteiger partial charge in [-0.25, -0.2) is 19.6 Å². The SMILES string of the molecule is CCOc1cc(CO)cc(C(Nc2ccc(C(=N)N)c(OC(=O)C(F)(F)F)c2)c2nn(-c3ncccn3)c(=O)[nH]2)c1. The maximum atomic E-state index is 12.9. The molecule has 4 aromatic rings. The number of esters is 1. The molecule has 1 unspecified atom stereocenters. The van der Waals surface area contributed by atoms with Crippen molar-refractivity contribution in [2.24, 2.45) is 5.73 Å². The zero-order valence-electron chi connectivity index (χ0n) is 21.3. The average Bonchev–Trinajstić information content (AvgIpc) is 3.32. The molecule has 13 nitrogen and oxygen atoms in total. The molecule has 0 spiro atoms. The van der Waals surface area contributed by atoms with Gasteiger partial charge in [0.2, 0.25) is 0 Å². The van der Waals surface area contributed by atoms with Crippen molar-refractivity contribution in [3.63, 3.8) is 0 Å². The first-order valence-corrected chi connectivity index (χ1v) is 11.9. The molecule has 0 amide bonds. The number of nitrogen functional groups attached to an aromatic ring is 1. The van der Waals surface area contributed by atoms with E-state index < -0.39 is 35.5 Å². The van der Waals surface area contributed by atoms with Gasteiger partial charge in [-0.3, -0.25) is 10.4 Å². The highest BCUT2D eigenvalue weighted by Crippen LogP contribution is 2.32. The molecule has 1 atom stereocenters. The second-order valence-corrected chi connectivity index (χ2v) is 8.37. The number of hydrogen-bond donors (Lipinski definition) is 5. The summed E-state index contributed by atoms with van der Waals surface area (Å²) < 4.78 is 49.8. The van der Waals surface area contributed by atoms with Gasteiger partial charge in [0.1, 0.15) is 23.4 Å². The summed E-state index contributed by atoms with van der Waals surface area (Å²) >= 11 is 0. The Morgan fingerprint density at radius 1 is 1.22 bits per heavy atom. The van der Waals surface area contributed by atoms with Crippen molar-refractivity contribution in [3.8, 4) is 17.4 Å². The highest BCUT2D eigenvalue weighted by atomic mass is 19.4. The number of nitrogens with zero attached hydrogens (tertiary/aromatic N) is 4. The number of anilines is 1. The Bertz CT molecular complexity index is 1620. The second kappa shape index (κ2) is 11.9. The minimum atomic E-state index is -5.30. The monoisotopic (exact) mass is 572 g/mol. The number of ether oxygens (including phenoxy) is 2. The van der Waals surface area contributed by atoms with Crippen LogP contribution in [-0.4, -0.2) is 54.4 Å². The van der Waals surface area contributed by atoms with Crippen LogP contribution in [0.1, 0.15) is 35.5 Å². The van der Waals surface area contributed by atoms with Gasteiger partial charge in [0, 0.05) is 24.1 Å². The van der Waals surface area contributed by atoms with Gasteiger partial charge in [-0.05, 0) is 48.4 Å². The molecule has 0 bridgehead atoms. The van der Waals surface area contributed by atoms with Crippen LogP contribution in [0, 0.1) is 5.41 Å². The number of rotatable bonds is 10. The van der Waals surface area contributed by atoms with Crippen LogP contribution in [0.25, 0.3) is 5.95 Å². The van der Waals surface area contributed by atoms with Crippen molar-refractivity contribution in [1.82, 2.24) is 24.7 Å². The Labute approximate surface area is 229 Å². The van der Waals surface area contributed by atoms with Crippen molar-refractivity contribution in [2.45, 2.75) is 25.7 Å². The molecule has 214 valence electrons. The lowest BCUT2D eigenvalue weighted by molar-refractivity contribution is -0.189. The van der Waals surface area contributed by atoms with Crippen LogP contribution in [0.3, 0.4) is 0 Å². The third-order valence-electron chi connectivity index (χ3n) is 5.48. The maximum Gasteiger partial charge on any atom is 0.491 e. The number of carbonyl (C=O) groups excluding carboxylic acids is 1. The van der Waals surface area contributed by atoms with E-state index in [-0.39, 0.29) is 29.6 Å². The van der Waals surface area contributed by atoms with Gasteiger partial charge in [-0.1, -0.05) is 6.07 Å². The van der Waals surface area contributed by atoms with Crippen LogP contribution >= 0.6 is 0 Å². The number of carbonyl (C=O) groups is 1. The Balaban J connectivity index is 1.83. The van der Waals surface area contributed by atoms with Crippen LogP contribution in [0.2, 0.25) is 0 Å². The first-order chi connectivity index (χ1) is 19.5. The number of aliphatic hydroxyl groups is 1. The summed E-state index contributed by atoms with van der Waals surface area (Å²) in [5.74, 6) is -3.37. The number of benzene rings is 2. The third-order valence-corrected chi connectivity index (χ3v) is 5.48. The molecular weight excluding hydrogens is 549 g/mol. The lowest BCUT2D eigenvalue weighted by Crippen LogP contribution is -2.29. The Morgan fingerprint density at radius 2 is 1.95 bits per heavy atom. The molecule has 0 saturated heterocycles. The predicted octanol–water partition coefficient (Wildman–Crippen LogP) is 2.19. The molecule has 16 heteroatoms. The Hall–Kier alpha value is -5.25. The first kappa shape index (κ1) is 28.8. The Morgan fingerprint density at radius 3 is 2.59 bits per heavy atom. The molecule has 4 rings (SSSR count). The Kier molecular flexibility index (Phi) is 8.32. The number of H-pyrrole nitrogens is 1. The van der Waals surface area contributed by atoms with Crippen molar-refractivity contribution in [3.05, 3.63) is 87.9 Å². The van der Waals surface area contributed by atoms with Gasteiger partial charge in [0.05, 0.1) is 18.8 Å². The molecular formula is C25H23F3N8O5. The van der Waals surface area contributed by atoms with Gasteiger partial charge in [-0.2, -0.15) is 13.2 Å². The van der Waals surface area contributed by atoms with Crippen LogP contribution in [0.15, 0.2) is 59.7 Å². The summed E-state index contributed by atoms with van der Waals surface area (Å²) in [7, 11) is 0. The number of halogens is 3. The maximum absolute atomic E-state index is 12.9. The van der Waals surface area contributed by atoms with E-state index in [2.05, 4.69) is 30.1 Å². The number of aromatic amines is 1. The van der Waals surface area contributed by atoms with Crippen molar-refractivity contribution < 1.29 is 32.5 Å². The van der Waals surface area contributed by atoms with Gasteiger partial charge >= 0.3 is 17.8 Å². The highest BCUT2D eigenvalue weighted by Gasteiger charge is 2.42. The molecule has 0 radical (unpaired) electrons. The fourth-order valence-electron chi connectivity index (χ4n) is 3.75. The first-order valence-electron chi connectivity index (χ1n) is 11.9. The zero-order chi connectivity index (χ0) is 29.7. The molecule has 0 aliphatic carbocycles. The van der Waals surface area contributed by atoms with Crippen molar-refractivity contribution >= 4 is 17.5 Å². The smallest absolute Gasteiger partial charge is 0.491 e. The van der Waals surface area contributed by atoms with Crippen molar-refractivity contribution in [2.75, 3.05) is 11.9 Å². The number of hydrogen-bond acceptors (Lipinski definition) is 10. The fraction of sp³-hybridized carbons (Fsp3) is 0.200. The normalized spacial score (nSPS) is 12.0. The van der Waals surface area contributed by atoms with Crippen LogP contribution in [0.5, 0.6) is 11.5 Å². The predicted molar refractivity (Wildman–Crippen MR) is 138 cm³/mol. The summed E-state index contributed by atoms with van der Waals surface area (Å²) in [4.78, 5) is 35.0. The lowest BCUT2D eigenvalue weighted by atomic mass is 10.0. The standard InChI is InChI=1S/C25H23F3N8O5/c1-2-40-16-9-13(12-37)8-14(10-16)19(21-34-24(39)36(35-21)23-31-6-3-7-32-23)33-15-4-5-17(20(29)30)18(11-15)41-22(38)25(26,27)28/h3-11,19,33,37H,2,12H2,1H3,(H3,29,30)(H,34,35,39). The number of aromatic nitrogens is 5. The van der Waals surface area contributed by atoms with Crippen LogP contribution in [0.4, 0.5) is 18.9 Å². The van der Waals surface area contributed by atoms with Gasteiger partial charge < -0.3 is 25.6 Å². The molecule has 0 fully saturated rings. The van der Waals surface area contributed by atoms with E-state index in [0.717, 1.165) is 10.7 Å². The summed E-state index contributed by atoms with van der Waals surface area (Å²) in [5.41, 5.74) is 5.51. The molecule has 0 aliphatic rings. The van der Waals surface area contributed by atoms with E-state index in [1.807, 2.05) is 0 Å². The van der Waals surface area contributed by atoms with E-state index >= 15 is 0 Å². The third kappa shape index (κ3) is 6.67. The number of alkyl halides is 3. The lowest BCUT2D eigenvalue weighted by Gasteiger charge is -2.21. The zero-order valence-corrected chi connectivity index (χ0v) is 21.3.